The Hall–Kier alpha value is -4.44. The minimum Gasteiger partial charge on any atom is -0.493 e. The molecule has 0 spiro atoms. The summed E-state index contributed by atoms with van der Waals surface area (Å²) >= 11 is 3.39. The number of hydrogen-bond acceptors (Lipinski definition) is 6. The van der Waals surface area contributed by atoms with Crippen molar-refractivity contribution in [2.75, 3.05) is 12.0 Å². The molecule has 0 saturated carbocycles. The predicted molar refractivity (Wildman–Crippen MR) is 139 cm³/mol. The van der Waals surface area contributed by atoms with Crippen molar-refractivity contribution in [1.29, 1.82) is 0 Å². The molecule has 37 heavy (non-hydrogen) atoms. The third kappa shape index (κ3) is 5.54. The van der Waals surface area contributed by atoms with Gasteiger partial charge in [-0.3, -0.25) is 14.9 Å². The second-order valence-corrected chi connectivity index (χ2v) is 8.95. The number of hydrogen-bond donors (Lipinski definition) is 2. The zero-order valence-corrected chi connectivity index (χ0v) is 21.4. The first kappa shape index (κ1) is 25.6. The summed E-state index contributed by atoms with van der Waals surface area (Å²) in [5.74, 6) is -1.88. The van der Waals surface area contributed by atoms with Crippen molar-refractivity contribution in [2.24, 2.45) is 0 Å². The number of nitrogens with one attached hydrogen (secondary N) is 1. The third-order valence-electron chi connectivity index (χ3n) is 5.57. The molecule has 188 valence electrons. The molecule has 1 heterocycles. The Morgan fingerprint density at radius 2 is 1.84 bits per heavy atom. The van der Waals surface area contributed by atoms with Crippen LogP contribution in [0.4, 0.5) is 10.5 Å². The number of carbonyl (C=O) groups excluding carboxylic acids is 3. The Bertz CT molecular complexity index is 1460. The Morgan fingerprint density at radius 3 is 2.54 bits per heavy atom. The van der Waals surface area contributed by atoms with Crippen LogP contribution >= 0.6 is 15.9 Å². The molecule has 1 saturated heterocycles. The molecule has 1 aliphatic heterocycles. The number of methoxy groups -OCH3 is 1. The summed E-state index contributed by atoms with van der Waals surface area (Å²) in [6.45, 7) is 1.92. The molecule has 4 rings (SSSR count). The maximum Gasteiger partial charge on any atom is 0.335 e. The van der Waals surface area contributed by atoms with Gasteiger partial charge in [-0.1, -0.05) is 34.1 Å². The van der Waals surface area contributed by atoms with Gasteiger partial charge in [-0.25, -0.2) is 14.5 Å². The van der Waals surface area contributed by atoms with Gasteiger partial charge in [-0.05, 0) is 72.2 Å². The second-order valence-electron chi connectivity index (χ2n) is 8.10. The maximum absolute atomic E-state index is 13.2. The first-order chi connectivity index (χ1) is 17.7. The molecule has 9 nitrogen and oxygen atoms in total. The number of rotatable bonds is 7. The van der Waals surface area contributed by atoms with E-state index < -0.39 is 23.8 Å². The number of halogens is 1. The molecule has 1 fully saturated rings. The van der Waals surface area contributed by atoms with Crippen molar-refractivity contribution in [2.45, 2.75) is 13.5 Å². The summed E-state index contributed by atoms with van der Waals surface area (Å²) in [4.78, 5) is 50.2. The lowest BCUT2D eigenvalue weighted by Crippen LogP contribution is -2.54. The van der Waals surface area contributed by atoms with Gasteiger partial charge < -0.3 is 14.6 Å². The Kier molecular flexibility index (Phi) is 7.40. The van der Waals surface area contributed by atoms with Crippen LogP contribution in [0.15, 0.2) is 70.7 Å². The number of barbiturate groups is 1. The standard InChI is InChI=1S/C27H21BrN2O7/c1-15-10-19(7-8-21(15)28)30-25(32)20(24(31)29-27(30)35)12-16-6-9-22(23(13-16)36-2)37-14-17-4-3-5-18(11-17)26(33)34/h3-13H,14H2,1-2H3,(H,33,34)(H,29,31,35). The highest BCUT2D eigenvalue weighted by Gasteiger charge is 2.37. The number of amides is 4. The molecule has 2 N–H and O–H groups in total. The van der Waals surface area contributed by atoms with Crippen LogP contribution < -0.4 is 19.7 Å². The fourth-order valence-electron chi connectivity index (χ4n) is 3.68. The van der Waals surface area contributed by atoms with E-state index in [1.54, 1.807) is 48.5 Å². The van der Waals surface area contributed by atoms with Gasteiger partial charge in [-0.15, -0.1) is 0 Å². The lowest BCUT2D eigenvalue weighted by atomic mass is 10.1. The van der Waals surface area contributed by atoms with Crippen LogP contribution in [0.25, 0.3) is 6.08 Å². The lowest BCUT2D eigenvalue weighted by Gasteiger charge is -2.26. The number of anilines is 1. The molecule has 0 unspecified atom stereocenters. The third-order valence-corrected chi connectivity index (χ3v) is 6.46. The number of aryl methyl sites for hydroxylation is 1. The van der Waals surface area contributed by atoms with E-state index in [0.717, 1.165) is 14.9 Å². The van der Waals surface area contributed by atoms with E-state index >= 15 is 0 Å². The number of carboxylic acid groups (broad SMARTS) is 1. The average Bonchev–Trinajstić information content (AvgIpc) is 2.87. The number of ether oxygens (including phenoxy) is 2. The van der Waals surface area contributed by atoms with E-state index in [4.69, 9.17) is 14.6 Å². The summed E-state index contributed by atoms with van der Waals surface area (Å²) < 4.78 is 12.0. The average molecular weight is 565 g/mol. The molecule has 10 heteroatoms. The zero-order valence-electron chi connectivity index (χ0n) is 19.8. The summed E-state index contributed by atoms with van der Waals surface area (Å²) in [6.07, 6.45) is 1.37. The lowest BCUT2D eigenvalue weighted by molar-refractivity contribution is -0.122. The predicted octanol–water partition coefficient (Wildman–Crippen LogP) is 4.71. The normalized spacial score (nSPS) is 14.5. The number of imide groups is 2. The van der Waals surface area contributed by atoms with Crippen LogP contribution in [0.3, 0.4) is 0 Å². The summed E-state index contributed by atoms with van der Waals surface area (Å²) in [6, 6.07) is 15.3. The molecule has 0 bridgehead atoms. The van der Waals surface area contributed by atoms with E-state index in [2.05, 4.69) is 21.2 Å². The molecule has 0 atom stereocenters. The van der Waals surface area contributed by atoms with E-state index in [9.17, 15) is 19.2 Å². The monoisotopic (exact) mass is 564 g/mol. The van der Waals surface area contributed by atoms with Crippen molar-refractivity contribution in [3.63, 3.8) is 0 Å². The highest BCUT2D eigenvalue weighted by Crippen LogP contribution is 2.31. The van der Waals surface area contributed by atoms with Gasteiger partial charge in [0.15, 0.2) is 11.5 Å². The van der Waals surface area contributed by atoms with Gasteiger partial charge in [0.1, 0.15) is 12.2 Å². The van der Waals surface area contributed by atoms with E-state index in [-0.39, 0.29) is 17.7 Å². The van der Waals surface area contributed by atoms with Gasteiger partial charge in [0.05, 0.1) is 18.4 Å². The molecule has 0 aromatic heterocycles. The van der Waals surface area contributed by atoms with Gasteiger partial charge >= 0.3 is 12.0 Å². The van der Waals surface area contributed by atoms with Crippen LogP contribution in [0, 0.1) is 6.92 Å². The molecule has 0 radical (unpaired) electrons. The van der Waals surface area contributed by atoms with E-state index in [0.29, 0.717) is 28.3 Å². The number of carboxylic acids is 1. The van der Waals surface area contributed by atoms with Crippen LogP contribution in [-0.2, 0) is 16.2 Å². The molecular weight excluding hydrogens is 544 g/mol. The number of benzene rings is 3. The summed E-state index contributed by atoms with van der Waals surface area (Å²) in [7, 11) is 1.44. The molecule has 3 aromatic carbocycles. The molecule has 4 amide bonds. The molecule has 1 aliphatic rings. The largest absolute Gasteiger partial charge is 0.493 e. The Labute approximate surface area is 220 Å². The molecule has 3 aromatic rings. The SMILES string of the molecule is COc1cc(C=C2C(=O)NC(=O)N(c3ccc(Br)c(C)c3)C2=O)ccc1OCc1cccc(C(=O)O)c1. The first-order valence-electron chi connectivity index (χ1n) is 11.0. The maximum atomic E-state index is 13.2. The minimum absolute atomic E-state index is 0.0997. The smallest absolute Gasteiger partial charge is 0.335 e. The van der Waals surface area contributed by atoms with E-state index in [1.165, 1.54) is 25.3 Å². The second kappa shape index (κ2) is 10.7. The topological polar surface area (TPSA) is 122 Å². The van der Waals surface area contributed by atoms with Crippen LogP contribution in [0.2, 0.25) is 0 Å². The van der Waals surface area contributed by atoms with Crippen LogP contribution in [-0.4, -0.2) is 36.0 Å². The van der Waals surface area contributed by atoms with Crippen molar-refractivity contribution < 1.29 is 33.8 Å². The van der Waals surface area contributed by atoms with Crippen LogP contribution in [0.5, 0.6) is 11.5 Å². The van der Waals surface area contributed by atoms with Gasteiger partial charge in [-0.2, -0.15) is 0 Å². The van der Waals surface area contributed by atoms with Crippen molar-refractivity contribution in [3.05, 3.63) is 93.0 Å². The molecular formula is C27H21BrN2O7. The fourth-order valence-corrected chi connectivity index (χ4v) is 3.92. The number of urea groups is 1. The number of carbonyl (C=O) groups is 4. The minimum atomic E-state index is -1.03. The summed E-state index contributed by atoms with van der Waals surface area (Å²) in [5.41, 5.74) is 2.20. The quantitative estimate of drug-likeness (QED) is 0.314. The Balaban J connectivity index is 1.58. The highest BCUT2D eigenvalue weighted by atomic mass is 79.9. The van der Waals surface area contributed by atoms with Crippen molar-refractivity contribution in [3.8, 4) is 11.5 Å². The number of nitrogens with zero attached hydrogens (tertiary/aromatic N) is 1. The summed E-state index contributed by atoms with van der Waals surface area (Å²) in [5, 5.41) is 11.4. The van der Waals surface area contributed by atoms with Crippen LogP contribution in [0.1, 0.15) is 27.0 Å². The number of aromatic carboxylic acids is 1. The zero-order chi connectivity index (χ0) is 26.7. The Morgan fingerprint density at radius 1 is 1.05 bits per heavy atom. The highest BCUT2D eigenvalue weighted by molar-refractivity contribution is 9.10. The molecule has 0 aliphatic carbocycles. The van der Waals surface area contributed by atoms with E-state index in [1.807, 2.05) is 6.92 Å². The first-order valence-corrected chi connectivity index (χ1v) is 11.8. The van der Waals surface area contributed by atoms with Crippen molar-refractivity contribution >= 4 is 51.5 Å². The fraction of sp³-hybridized carbons (Fsp3) is 0.111. The van der Waals surface area contributed by atoms with Crippen molar-refractivity contribution in [1.82, 2.24) is 5.32 Å². The van der Waals surface area contributed by atoms with Gasteiger partial charge in [0.2, 0.25) is 0 Å². The van der Waals surface area contributed by atoms with Gasteiger partial charge in [0.25, 0.3) is 11.8 Å². The van der Waals surface area contributed by atoms with Gasteiger partial charge in [0, 0.05) is 4.47 Å².